The maximum absolute atomic E-state index is 12.7. The number of rotatable bonds is 3. The normalized spacial score (nSPS) is 12.7. The molecule has 1 atom stereocenters. The summed E-state index contributed by atoms with van der Waals surface area (Å²) >= 11 is 1.58. The first kappa shape index (κ1) is 10.2. The van der Waals surface area contributed by atoms with Gasteiger partial charge in [-0.15, -0.1) is 11.3 Å². The highest BCUT2D eigenvalue weighted by Gasteiger charge is 2.14. The van der Waals surface area contributed by atoms with Crippen LogP contribution in [0.1, 0.15) is 16.6 Å². The molecule has 2 rings (SSSR count). The van der Waals surface area contributed by atoms with Crippen LogP contribution in [0, 0.1) is 5.82 Å². The summed E-state index contributed by atoms with van der Waals surface area (Å²) in [6, 6.07) is 6.72. The molecule has 2 aromatic heterocycles. The second-order valence-electron chi connectivity index (χ2n) is 3.02. The van der Waals surface area contributed by atoms with Crippen molar-refractivity contribution in [2.75, 3.05) is 0 Å². The summed E-state index contributed by atoms with van der Waals surface area (Å²) in [6.07, 6.45) is 1.19. The number of halogens is 1. The van der Waals surface area contributed by atoms with Crippen LogP contribution in [0.3, 0.4) is 0 Å². The second kappa shape index (κ2) is 4.48. The van der Waals surface area contributed by atoms with E-state index in [0.717, 1.165) is 4.88 Å². The molecule has 0 amide bonds. The van der Waals surface area contributed by atoms with E-state index in [4.69, 9.17) is 5.84 Å². The lowest BCUT2D eigenvalue weighted by atomic mass is 10.1. The zero-order valence-electron chi connectivity index (χ0n) is 7.85. The van der Waals surface area contributed by atoms with Gasteiger partial charge in [0.05, 0.1) is 17.9 Å². The van der Waals surface area contributed by atoms with E-state index in [9.17, 15) is 4.39 Å². The molecule has 2 aromatic rings. The topological polar surface area (TPSA) is 50.9 Å². The minimum Gasteiger partial charge on any atom is -0.270 e. The van der Waals surface area contributed by atoms with Gasteiger partial charge >= 0.3 is 0 Å². The van der Waals surface area contributed by atoms with E-state index in [1.54, 1.807) is 17.4 Å². The van der Waals surface area contributed by atoms with Gasteiger partial charge < -0.3 is 0 Å². The lowest BCUT2D eigenvalue weighted by Gasteiger charge is -2.13. The Hall–Kier alpha value is -1.30. The fourth-order valence-corrected chi connectivity index (χ4v) is 2.12. The van der Waals surface area contributed by atoms with Crippen molar-refractivity contribution >= 4 is 11.3 Å². The summed E-state index contributed by atoms with van der Waals surface area (Å²) < 4.78 is 12.7. The molecule has 0 bridgehead atoms. The average molecular weight is 223 g/mol. The molecule has 2 heterocycles. The van der Waals surface area contributed by atoms with Crippen molar-refractivity contribution in [2.45, 2.75) is 6.04 Å². The van der Waals surface area contributed by atoms with E-state index >= 15 is 0 Å². The third-order valence-electron chi connectivity index (χ3n) is 2.04. The number of nitrogens with one attached hydrogen (secondary N) is 1. The number of thiophene rings is 1. The van der Waals surface area contributed by atoms with Crippen LogP contribution in [-0.2, 0) is 0 Å². The van der Waals surface area contributed by atoms with Crippen LogP contribution in [-0.4, -0.2) is 4.98 Å². The molecule has 0 spiro atoms. The highest BCUT2D eigenvalue weighted by atomic mass is 32.1. The number of hydrazine groups is 1. The fourth-order valence-electron chi connectivity index (χ4n) is 1.33. The van der Waals surface area contributed by atoms with Gasteiger partial charge in [0.1, 0.15) is 5.82 Å². The molecule has 5 heteroatoms. The monoisotopic (exact) mass is 223 g/mol. The first-order chi connectivity index (χ1) is 7.31. The van der Waals surface area contributed by atoms with E-state index in [2.05, 4.69) is 10.4 Å². The predicted octanol–water partition coefficient (Wildman–Crippen LogP) is 1.83. The fraction of sp³-hybridized carbons (Fsp3) is 0.100. The Morgan fingerprint density at radius 2 is 2.27 bits per heavy atom. The van der Waals surface area contributed by atoms with Crippen molar-refractivity contribution in [3.05, 3.63) is 52.2 Å². The van der Waals surface area contributed by atoms with E-state index in [0.29, 0.717) is 5.69 Å². The molecule has 3 N–H and O–H groups in total. The van der Waals surface area contributed by atoms with Crippen molar-refractivity contribution in [2.24, 2.45) is 5.84 Å². The number of hydrogen-bond donors (Lipinski definition) is 2. The molecule has 0 saturated carbocycles. The van der Waals surface area contributed by atoms with Crippen LogP contribution in [0.2, 0.25) is 0 Å². The SMILES string of the molecule is NNC(c1ccc(F)cn1)c1cccs1. The van der Waals surface area contributed by atoms with Gasteiger partial charge in [0.15, 0.2) is 0 Å². The van der Waals surface area contributed by atoms with Gasteiger partial charge in [0.25, 0.3) is 0 Å². The minimum absolute atomic E-state index is 0.175. The van der Waals surface area contributed by atoms with Crippen LogP contribution < -0.4 is 11.3 Å². The number of nitrogens with two attached hydrogens (primary N) is 1. The molecule has 15 heavy (non-hydrogen) atoms. The predicted molar refractivity (Wildman–Crippen MR) is 57.7 cm³/mol. The van der Waals surface area contributed by atoms with Gasteiger partial charge in [-0.3, -0.25) is 10.8 Å². The zero-order valence-corrected chi connectivity index (χ0v) is 8.67. The summed E-state index contributed by atoms with van der Waals surface area (Å²) in [5, 5.41) is 1.96. The summed E-state index contributed by atoms with van der Waals surface area (Å²) in [7, 11) is 0. The van der Waals surface area contributed by atoms with Crippen molar-refractivity contribution in [3.63, 3.8) is 0 Å². The molecule has 1 unspecified atom stereocenters. The first-order valence-electron chi connectivity index (χ1n) is 4.42. The number of nitrogens with zero attached hydrogens (tertiary/aromatic N) is 1. The highest BCUT2D eigenvalue weighted by Crippen LogP contribution is 2.23. The Balaban J connectivity index is 2.31. The summed E-state index contributed by atoms with van der Waals surface area (Å²) in [4.78, 5) is 5.05. The molecule has 0 radical (unpaired) electrons. The molecule has 0 fully saturated rings. The van der Waals surface area contributed by atoms with Gasteiger partial charge in [-0.1, -0.05) is 6.07 Å². The Kier molecular flexibility index (Phi) is 3.05. The van der Waals surface area contributed by atoms with Crippen LogP contribution >= 0.6 is 11.3 Å². The Labute approximate surface area is 90.7 Å². The smallest absolute Gasteiger partial charge is 0.141 e. The molecule has 0 aliphatic rings. The largest absolute Gasteiger partial charge is 0.270 e. The maximum Gasteiger partial charge on any atom is 0.141 e. The van der Waals surface area contributed by atoms with Gasteiger partial charge in [0, 0.05) is 4.88 Å². The highest BCUT2D eigenvalue weighted by molar-refractivity contribution is 7.10. The number of pyridine rings is 1. The third-order valence-corrected chi connectivity index (χ3v) is 2.98. The molecule has 78 valence electrons. The number of aromatic nitrogens is 1. The van der Waals surface area contributed by atoms with E-state index in [1.807, 2.05) is 17.5 Å². The molecule has 0 aliphatic carbocycles. The molecule has 0 saturated heterocycles. The summed E-state index contributed by atoms with van der Waals surface area (Å²) in [5.74, 6) is 5.11. The van der Waals surface area contributed by atoms with Crippen molar-refractivity contribution in [1.29, 1.82) is 0 Å². The minimum atomic E-state index is -0.347. The Morgan fingerprint density at radius 1 is 1.40 bits per heavy atom. The molecule has 0 aliphatic heterocycles. The van der Waals surface area contributed by atoms with Crippen molar-refractivity contribution < 1.29 is 4.39 Å². The number of hydrogen-bond acceptors (Lipinski definition) is 4. The van der Waals surface area contributed by atoms with Gasteiger partial charge in [-0.25, -0.2) is 9.82 Å². The van der Waals surface area contributed by atoms with Gasteiger partial charge in [-0.05, 0) is 23.6 Å². The summed E-state index contributed by atoms with van der Waals surface area (Å²) in [5.41, 5.74) is 3.38. The summed E-state index contributed by atoms with van der Waals surface area (Å²) in [6.45, 7) is 0. The standard InChI is InChI=1S/C10H10FN3S/c11-7-3-4-8(13-6-7)10(14-12)9-2-1-5-15-9/h1-6,10,14H,12H2. The Bertz CT molecular complexity index is 413. The van der Waals surface area contributed by atoms with E-state index in [1.165, 1.54) is 12.3 Å². The van der Waals surface area contributed by atoms with E-state index < -0.39 is 0 Å². The molecular weight excluding hydrogens is 213 g/mol. The molecule has 0 aromatic carbocycles. The van der Waals surface area contributed by atoms with Crippen molar-refractivity contribution in [3.8, 4) is 0 Å². The quantitative estimate of drug-likeness (QED) is 0.616. The first-order valence-corrected chi connectivity index (χ1v) is 5.30. The van der Waals surface area contributed by atoms with Crippen LogP contribution in [0.5, 0.6) is 0 Å². The van der Waals surface area contributed by atoms with Crippen LogP contribution in [0.4, 0.5) is 4.39 Å². The van der Waals surface area contributed by atoms with Crippen LogP contribution in [0.15, 0.2) is 35.8 Å². The Morgan fingerprint density at radius 3 is 2.80 bits per heavy atom. The lowest BCUT2D eigenvalue weighted by Crippen LogP contribution is -2.28. The maximum atomic E-state index is 12.7. The molecular formula is C10H10FN3S. The second-order valence-corrected chi connectivity index (χ2v) is 4.00. The third kappa shape index (κ3) is 2.20. The average Bonchev–Trinajstić information content (AvgIpc) is 2.75. The lowest BCUT2D eigenvalue weighted by molar-refractivity contribution is 0.600. The van der Waals surface area contributed by atoms with Crippen LogP contribution in [0.25, 0.3) is 0 Å². The van der Waals surface area contributed by atoms with Crippen molar-refractivity contribution in [1.82, 2.24) is 10.4 Å². The van der Waals surface area contributed by atoms with Gasteiger partial charge in [-0.2, -0.15) is 0 Å². The van der Waals surface area contributed by atoms with E-state index in [-0.39, 0.29) is 11.9 Å². The molecule has 3 nitrogen and oxygen atoms in total. The zero-order chi connectivity index (χ0) is 10.7. The van der Waals surface area contributed by atoms with Gasteiger partial charge in [0.2, 0.25) is 0 Å².